The molecule has 1 aromatic carbocycles. The summed E-state index contributed by atoms with van der Waals surface area (Å²) in [5, 5.41) is 7.04. The van der Waals surface area contributed by atoms with E-state index in [0.717, 1.165) is 32.6 Å². The molecule has 2 heterocycles. The molecule has 0 aliphatic heterocycles. The maximum absolute atomic E-state index is 12.0. The largest absolute Gasteiger partial charge is 0.302 e. The van der Waals surface area contributed by atoms with Crippen LogP contribution in [0, 0.1) is 6.92 Å². The van der Waals surface area contributed by atoms with E-state index in [-0.39, 0.29) is 12.3 Å². The van der Waals surface area contributed by atoms with Crippen molar-refractivity contribution in [2.24, 2.45) is 0 Å². The summed E-state index contributed by atoms with van der Waals surface area (Å²) in [6, 6.07) is 7.73. The first-order chi connectivity index (χ1) is 11.1. The molecule has 0 radical (unpaired) electrons. The first-order valence-corrected chi connectivity index (χ1v) is 9.06. The quantitative estimate of drug-likeness (QED) is 0.733. The maximum Gasteiger partial charge on any atom is 0.232 e. The molecular formula is C16H14ClN3OS2. The van der Waals surface area contributed by atoms with Gasteiger partial charge in [0.2, 0.25) is 5.91 Å². The molecule has 0 saturated carbocycles. The SMILES string of the molecule is Cc1cnc(NC(=O)Cc2csc(Cc3cccc(Cl)c3)n2)s1. The van der Waals surface area contributed by atoms with E-state index in [1.807, 2.05) is 36.6 Å². The minimum Gasteiger partial charge on any atom is -0.302 e. The van der Waals surface area contributed by atoms with Gasteiger partial charge in [0.05, 0.1) is 17.1 Å². The summed E-state index contributed by atoms with van der Waals surface area (Å²) in [6.07, 6.45) is 2.72. The molecule has 4 nitrogen and oxygen atoms in total. The van der Waals surface area contributed by atoms with Crippen molar-refractivity contribution in [3.8, 4) is 0 Å². The lowest BCUT2D eigenvalue weighted by molar-refractivity contribution is -0.115. The number of carbonyl (C=O) groups is 1. The second kappa shape index (κ2) is 7.21. The van der Waals surface area contributed by atoms with E-state index in [2.05, 4.69) is 15.3 Å². The molecule has 7 heteroatoms. The van der Waals surface area contributed by atoms with E-state index in [9.17, 15) is 4.79 Å². The highest BCUT2D eigenvalue weighted by Crippen LogP contribution is 2.19. The van der Waals surface area contributed by atoms with E-state index >= 15 is 0 Å². The van der Waals surface area contributed by atoms with Gasteiger partial charge in [-0.15, -0.1) is 22.7 Å². The number of aryl methyl sites for hydroxylation is 1. The average Bonchev–Trinajstić information content (AvgIpc) is 3.08. The van der Waals surface area contributed by atoms with Gasteiger partial charge < -0.3 is 5.32 Å². The minimum atomic E-state index is -0.0982. The number of nitrogens with zero attached hydrogens (tertiary/aromatic N) is 2. The highest BCUT2D eigenvalue weighted by Gasteiger charge is 2.10. The fourth-order valence-corrected chi connectivity index (χ4v) is 3.79. The monoisotopic (exact) mass is 363 g/mol. The highest BCUT2D eigenvalue weighted by molar-refractivity contribution is 7.15. The second-order valence-corrected chi connectivity index (χ2v) is 7.65. The minimum absolute atomic E-state index is 0.0982. The molecule has 0 unspecified atom stereocenters. The molecule has 0 fully saturated rings. The summed E-state index contributed by atoms with van der Waals surface area (Å²) < 4.78 is 0. The highest BCUT2D eigenvalue weighted by atomic mass is 35.5. The van der Waals surface area contributed by atoms with Crippen molar-refractivity contribution in [3.63, 3.8) is 0 Å². The third kappa shape index (κ3) is 4.60. The number of amides is 1. The maximum atomic E-state index is 12.0. The molecular weight excluding hydrogens is 350 g/mol. The fraction of sp³-hybridized carbons (Fsp3) is 0.188. The fourth-order valence-electron chi connectivity index (χ4n) is 2.07. The molecule has 23 heavy (non-hydrogen) atoms. The topological polar surface area (TPSA) is 54.9 Å². The van der Waals surface area contributed by atoms with Crippen LogP contribution in [0.15, 0.2) is 35.8 Å². The summed E-state index contributed by atoms with van der Waals surface area (Å²) in [6.45, 7) is 1.95. The van der Waals surface area contributed by atoms with Crippen molar-refractivity contribution >= 4 is 45.3 Å². The van der Waals surface area contributed by atoms with Crippen molar-refractivity contribution in [3.05, 3.63) is 62.0 Å². The van der Waals surface area contributed by atoms with Crippen LogP contribution in [-0.4, -0.2) is 15.9 Å². The van der Waals surface area contributed by atoms with Crippen LogP contribution in [0.2, 0.25) is 5.02 Å². The van der Waals surface area contributed by atoms with Crippen LogP contribution in [0.1, 0.15) is 21.1 Å². The molecule has 0 saturated heterocycles. The van der Waals surface area contributed by atoms with Gasteiger partial charge in [0.15, 0.2) is 5.13 Å². The van der Waals surface area contributed by atoms with Gasteiger partial charge in [-0.3, -0.25) is 4.79 Å². The van der Waals surface area contributed by atoms with Gasteiger partial charge in [-0.25, -0.2) is 9.97 Å². The predicted octanol–water partition coefficient (Wildman–Crippen LogP) is 4.33. The number of halogens is 1. The Labute approximate surface area is 147 Å². The second-order valence-electron chi connectivity index (χ2n) is 5.04. The van der Waals surface area contributed by atoms with Crippen molar-refractivity contribution in [2.45, 2.75) is 19.8 Å². The predicted molar refractivity (Wildman–Crippen MR) is 95.6 cm³/mol. The Morgan fingerprint density at radius 3 is 3.00 bits per heavy atom. The van der Waals surface area contributed by atoms with Crippen LogP contribution >= 0.6 is 34.3 Å². The molecule has 0 aliphatic carbocycles. The van der Waals surface area contributed by atoms with Gasteiger partial charge in [0, 0.05) is 27.9 Å². The van der Waals surface area contributed by atoms with Crippen LogP contribution in [0.25, 0.3) is 0 Å². The third-order valence-corrected chi connectivity index (χ3v) is 5.01. The van der Waals surface area contributed by atoms with Gasteiger partial charge in [0.25, 0.3) is 0 Å². The summed E-state index contributed by atoms with van der Waals surface area (Å²) >= 11 is 9.01. The van der Waals surface area contributed by atoms with E-state index in [1.54, 1.807) is 17.5 Å². The number of hydrogen-bond acceptors (Lipinski definition) is 5. The van der Waals surface area contributed by atoms with Crippen molar-refractivity contribution in [1.29, 1.82) is 0 Å². The molecule has 0 atom stereocenters. The van der Waals surface area contributed by atoms with Crippen LogP contribution in [0.5, 0.6) is 0 Å². The smallest absolute Gasteiger partial charge is 0.232 e. The Balaban J connectivity index is 1.59. The molecule has 118 valence electrons. The van der Waals surface area contributed by atoms with Crippen molar-refractivity contribution in [1.82, 2.24) is 9.97 Å². The van der Waals surface area contributed by atoms with Crippen LogP contribution in [0.3, 0.4) is 0 Å². The van der Waals surface area contributed by atoms with Gasteiger partial charge in [-0.2, -0.15) is 0 Å². The number of aromatic nitrogens is 2. The summed E-state index contributed by atoms with van der Waals surface area (Å²) in [4.78, 5) is 21.7. The Bertz CT molecular complexity index is 828. The standard InChI is InChI=1S/C16H14ClN3OS2/c1-10-8-18-16(23-10)20-14(21)7-13-9-22-15(19-13)6-11-3-2-4-12(17)5-11/h2-5,8-9H,6-7H2,1H3,(H,18,20,21). The molecule has 1 N–H and O–H groups in total. The Kier molecular flexibility index (Phi) is 5.05. The van der Waals surface area contributed by atoms with E-state index in [4.69, 9.17) is 11.6 Å². The van der Waals surface area contributed by atoms with E-state index < -0.39 is 0 Å². The average molecular weight is 364 g/mol. The third-order valence-electron chi connectivity index (χ3n) is 3.05. The molecule has 0 bridgehead atoms. The van der Waals surface area contributed by atoms with Gasteiger partial charge in [0.1, 0.15) is 0 Å². The number of rotatable bonds is 5. The van der Waals surface area contributed by atoms with Crippen LogP contribution < -0.4 is 5.32 Å². The number of nitrogens with one attached hydrogen (secondary N) is 1. The lowest BCUT2D eigenvalue weighted by Gasteiger charge is -1.99. The zero-order valence-electron chi connectivity index (χ0n) is 12.4. The molecule has 3 aromatic rings. The number of carbonyl (C=O) groups excluding carboxylic acids is 1. The first-order valence-electron chi connectivity index (χ1n) is 6.98. The normalized spacial score (nSPS) is 10.7. The number of hydrogen-bond donors (Lipinski definition) is 1. The number of anilines is 1. The molecule has 0 spiro atoms. The summed E-state index contributed by atoms with van der Waals surface area (Å²) in [7, 11) is 0. The van der Waals surface area contributed by atoms with Gasteiger partial charge in [-0.05, 0) is 24.6 Å². The lowest BCUT2D eigenvalue weighted by Crippen LogP contribution is -2.14. The summed E-state index contributed by atoms with van der Waals surface area (Å²) in [5.41, 5.74) is 1.89. The number of thiazole rings is 2. The van der Waals surface area contributed by atoms with E-state index in [1.165, 1.54) is 11.3 Å². The van der Waals surface area contributed by atoms with Crippen molar-refractivity contribution < 1.29 is 4.79 Å². The Morgan fingerprint density at radius 2 is 2.26 bits per heavy atom. The van der Waals surface area contributed by atoms with Crippen molar-refractivity contribution in [2.75, 3.05) is 5.32 Å². The molecule has 0 aliphatic rings. The van der Waals surface area contributed by atoms with Gasteiger partial charge >= 0.3 is 0 Å². The van der Waals surface area contributed by atoms with Gasteiger partial charge in [-0.1, -0.05) is 23.7 Å². The number of benzene rings is 1. The van der Waals surface area contributed by atoms with E-state index in [0.29, 0.717) is 5.13 Å². The molecule has 2 aromatic heterocycles. The Hall–Kier alpha value is -1.76. The molecule has 1 amide bonds. The first kappa shape index (κ1) is 16.1. The lowest BCUT2D eigenvalue weighted by atomic mass is 10.2. The van der Waals surface area contributed by atoms with Crippen LogP contribution in [-0.2, 0) is 17.6 Å². The zero-order chi connectivity index (χ0) is 16.2. The van der Waals surface area contributed by atoms with Crippen LogP contribution in [0.4, 0.5) is 5.13 Å². The molecule has 3 rings (SSSR count). The zero-order valence-corrected chi connectivity index (χ0v) is 14.8. The Morgan fingerprint density at radius 1 is 1.39 bits per heavy atom. The summed E-state index contributed by atoms with van der Waals surface area (Å²) in [5.74, 6) is -0.0982.